The minimum Gasteiger partial charge on any atom is -0.489 e. The largest absolute Gasteiger partial charge is 0.489 e. The normalized spacial score (nSPS) is 10.0. The lowest BCUT2D eigenvalue weighted by molar-refractivity contribution is 0.306. The van der Waals surface area contributed by atoms with Gasteiger partial charge in [0.05, 0.1) is 0 Å². The van der Waals surface area contributed by atoms with Crippen LogP contribution < -0.4 is 10.2 Å². The van der Waals surface area contributed by atoms with Gasteiger partial charge in [0.25, 0.3) is 0 Å². The molecule has 1 aromatic heterocycles. The fourth-order valence-electron chi connectivity index (χ4n) is 1.39. The fraction of sp³-hybridized carbons (Fsp3) is 0.0833. The molecule has 2 N–H and O–H groups in total. The third-order valence-corrected chi connectivity index (χ3v) is 2.31. The molecule has 0 bridgehead atoms. The number of hydrogen-bond donors (Lipinski definition) is 2. The topological polar surface area (TPSA) is 62.6 Å². The van der Waals surface area contributed by atoms with Gasteiger partial charge in [-0.15, -0.1) is 0 Å². The van der Waals surface area contributed by atoms with Crippen molar-refractivity contribution in [2.24, 2.45) is 0 Å². The van der Waals surface area contributed by atoms with Crippen molar-refractivity contribution in [3.8, 4) is 5.75 Å². The summed E-state index contributed by atoms with van der Waals surface area (Å²) in [5.74, 6) is 0.679. The minimum atomic E-state index is -1.44. The Kier molecular flexibility index (Phi) is 3.75. The summed E-state index contributed by atoms with van der Waals surface area (Å²) in [6, 6.07) is 10.4. The molecule has 0 aliphatic heterocycles. The Morgan fingerprint density at radius 1 is 1.12 bits per heavy atom. The van der Waals surface area contributed by atoms with Crippen molar-refractivity contribution >= 4 is 12.6 Å². The Bertz CT molecular complexity index is 459. The molecule has 5 heteroatoms. The van der Waals surface area contributed by atoms with Crippen LogP contribution in [-0.4, -0.2) is 22.2 Å². The zero-order chi connectivity index (χ0) is 12.1. The molecule has 0 saturated carbocycles. The maximum Gasteiger partial charge on any atom is 0.488 e. The fourth-order valence-corrected chi connectivity index (χ4v) is 1.39. The predicted octanol–water partition coefficient (Wildman–Crippen LogP) is 0.340. The van der Waals surface area contributed by atoms with Crippen LogP contribution in [0.2, 0.25) is 0 Å². The van der Waals surface area contributed by atoms with Crippen LogP contribution in [0, 0.1) is 0 Å². The third kappa shape index (κ3) is 3.30. The van der Waals surface area contributed by atoms with Gasteiger partial charge < -0.3 is 14.8 Å². The molecule has 0 radical (unpaired) electrons. The number of pyridine rings is 1. The van der Waals surface area contributed by atoms with E-state index in [2.05, 4.69) is 4.98 Å². The lowest BCUT2D eigenvalue weighted by atomic mass is 9.80. The molecule has 1 heterocycles. The van der Waals surface area contributed by atoms with Crippen molar-refractivity contribution in [1.82, 2.24) is 4.98 Å². The molecule has 4 nitrogen and oxygen atoms in total. The average molecular weight is 229 g/mol. The predicted molar refractivity (Wildman–Crippen MR) is 64.8 cm³/mol. The molecule has 0 aliphatic carbocycles. The first-order valence-corrected chi connectivity index (χ1v) is 5.23. The maximum atomic E-state index is 8.93. The van der Waals surface area contributed by atoms with Crippen molar-refractivity contribution in [3.05, 3.63) is 54.4 Å². The molecular weight excluding hydrogens is 217 g/mol. The number of nitrogens with zero attached hydrogens (tertiary/aromatic N) is 1. The van der Waals surface area contributed by atoms with Crippen molar-refractivity contribution in [2.75, 3.05) is 0 Å². The van der Waals surface area contributed by atoms with Crippen molar-refractivity contribution in [2.45, 2.75) is 6.61 Å². The van der Waals surface area contributed by atoms with Crippen LogP contribution in [0.25, 0.3) is 0 Å². The summed E-state index contributed by atoms with van der Waals surface area (Å²) in [5, 5.41) is 17.9. The van der Waals surface area contributed by atoms with Crippen LogP contribution >= 0.6 is 0 Å². The first kappa shape index (κ1) is 11.6. The van der Waals surface area contributed by atoms with Gasteiger partial charge in [-0.05, 0) is 23.7 Å². The molecule has 86 valence electrons. The number of rotatable bonds is 4. The molecule has 0 saturated heterocycles. The van der Waals surface area contributed by atoms with E-state index in [1.807, 2.05) is 12.1 Å². The van der Waals surface area contributed by atoms with E-state index in [0.29, 0.717) is 17.8 Å². The molecule has 0 atom stereocenters. The zero-order valence-corrected chi connectivity index (χ0v) is 9.15. The molecule has 0 amide bonds. The Labute approximate surface area is 99.7 Å². The molecule has 0 spiro atoms. The van der Waals surface area contributed by atoms with Crippen LogP contribution in [0.5, 0.6) is 5.75 Å². The van der Waals surface area contributed by atoms with Gasteiger partial charge in [-0.25, -0.2) is 0 Å². The Morgan fingerprint density at radius 2 is 1.88 bits per heavy atom. The zero-order valence-electron chi connectivity index (χ0n) is 9.15. The van der Waals surface area contributed by atoms with Crippen LogP contribution in [0.15, 0.2) is 48.8 Å². The molecule has 2 aromatic rings. The second kappa shape index (κ2) is 5.47. The number of aromatic nitrogens is 1. The lowest BCUT2D eigenvalue weighted by Gasteiger charge is -2.06. The number of hydrogen-bond acceptors (Lipinski definition) is 4. The second-order valence-electron chi connectivity index (χ2n) is 3.59. The van der Waals surface area contributed by atoms with Gasteiger partial charge in [-0.1, -0.05) is 18.2 Å². The summed E-state index contributed by atoms with van der Waals surface area (Å²) in [6.45, 7) is 0.439. The standard InChI is InChI=1S/C12H12BNO3/c15-13(16)11-3-5-12(6-4-11)17-9-10-2-1-7-14-8-10/h1-8,15-16H,9H2. The van der Waals surface area contributed by atoms with Gasteiger partial charge in [0.2, 0.25) is 0 Å². The van der Waals surface area contributed by atoms with Gasteiger partial charge in [-0.2, -0.15) is 0 Å². The van der Waals surface area contributed by atoms with Gasteiger partial charge in [0, 0.05) is 18.0 Å². The molecular formula is C12H12BNO3. The SMILES string of the molecule is OB(O)c1ccc(OCc2cccnc2)cc1. The van der Waals surface area contributed by atoms with Gasteiger partial charge in [0.15, 0.2) is 0 Å². The van der Waals surface area contributed by atoms with Crippen LogP contribution in [-0.2, 0) is 6.61 Å². The summed E-state index contributed by atoms with van der Waals surface area (Å²) in [4.78, 5) is 3.99. The van der Waals surface area contributed by atoms with E-state index in [0.717, 1.165) is 5.56 Å². The summed E-state index contributed by atoms with van der Waals surface area (Å²) >= 11 is 0. The summed E-state index contributed by atoms with van der Waals surface area (Å²) in [5.41, 5.74) is 1.43. The molecule has 17 heavy (non-hydrogen) atoms. The van der Waals surface area contributed by atoms with E-state index >= 15 is 0 Å². The Hall–Kier alpha value is -1.85. The summed E-state index contributed by atoms with van der Waals surface area (Å²) in [6.07, 6.45) is 3.45. The molecule has 2 rings (SSSR count). The van der Waals surface area contributed by atoms with Crippen LogP contribution in [0.4, 0.5) is 0 Å². The van der Waals surface area contributed by atoms with Gasteiger partial charge in [-0.3, -0.25) is 4.98 Å². The number of benzene rings is 1. The van der Waals surface area contributed by atoms with Crippen molar-refractivity contribution in [3.63, 3.8) is 0 Å². The van der Waals surface area contributed by atoms with E-state index < -0.39 is 7.12 Å². The van der Waals surface area contributed by atoms with E-state index in [1.54, 1.807) is 36.7 Å². The monoisotopic (exact) mass is 229 g/mol. The Balaban J connectivity index is 1.96. The highest BCUT2D eigenvalue weighted by molar-refractivity contribution is 6.58. The highest BCUT2D eigenvalue weighted by atomic mass is 16.5. The average Bonchev–Trinajstić information content (AvgIpc) is 2.38. The molecule has 0 aliphatic rings. The second-order valence-corrected chi connectivity index (χ2v) is 3.59. The lowest BCUT2D eigenvalue weighted by Crippen LogP contribution is -2.29. The third-order valence-electron chi connectivity index (χ3n) is 2.31. The summed E-state index contributed by atoms with van der Waals surface area (Å²) < 4.78 is 5.52. The molecule has 1 aromatic carbocycles. The quantitative estimate of drug-likeness (QED) is 0.742. The van der Waals surface area contributed by atoms with E-state index in [9.17, 15) is 0 Å². The minimum absolute atomic E-state index is 0.439. The molecule has 0 unspecified atom stereocenters. The van der Waals surface area contributed by atoms with Crippen LogP contribution in [0.1, 0.15) is 5.56 Å². The highest BCUT2D eigenvalue weighted by Gasteiger charge is 2.09. The van der Waals surface area contributed by atoms with E-state index in [1.165, 1.54) is 0 Å². The van der Waals surface area contributed by atoms with E-state index in [-0.39, 0.29) is 0 Å². The van der Waals surface area contributed by atoms with Crippen molar-refractivity contribution in [1.29, 1.82) is 0 Å². The van der Waals surface area contributed by atoms with Gasteiger partial charge >= 0.3 is 7.12 Å². The summed E-state index contributed by atoms with van der Waals surface area (Å²) in [7, 11) is -1.44. The Morgan fingerprint density at radius 3 is 2.47 bits per heavy atom. The van der Waals surface area contributed by atoms with Gasteiger partial charge in [0.1, 0.15) is 12.4 Å². The first-order chi connectivity index (χ1) is 8.25. The van der Waals surface area contributed by atoms with E-state index in [4.69, 9.17) is 14.8 Å². The molecule has 0 fully saturated rings. The first-order valence-electron chi connectivity index (χ1n) is 5.23. The highest BCUT2D eigenvalue weighted by Crippen LogP contribution is 2.10. The van der Waals surface area contributed by atoms with Crippen LogP contribution in [0.3, 0.4) is 0 Å². The van der Waals surface area contributed by atoms with Crippen molar-refractivity contribution < 1.29 is 14.8 Å². The maximum absolute atomic E-state index is 8.93. The smallest absolute Gasteiger partial charge is 0.488 e. The number of ether oxygens (including phenoxy) is 1.